The summed E-state index contributed by atoms with van der Waals surface area (Å²) < 4.78 is 5.02. The van der Waals surface area contributed by atoms with Crippen LogP contribution in [0.3, 0.4) is 0 Å². The van der Waals surface area contributed by atoms with Crippen molar-refractivity contribution in [2.75, 3.05) is 37.4 Å². The summed E-state index contributed by atoms with van der Waals surface area (Å²) in [6.07, 6.45) is 1.96. The van der Waals surface area contributed by atoms with Gasteiger partial charge in [-0.3, -0.25) is 0 Å². The first-order valence-electron chi connectivity index (χ1n) is 5.21. The number of hydrogen-bond acceptors (Lipinski definition) is 5. The Balaban J connectivity index is 2.83. The molecule has 0 radical (unpaired) electrons. The van der Waals surface area contributed by atoms with Crippen molar-refractivity contribution < 1.29 is 4.74 Å². The van der Waals surface area contributed by atoms with E-state index >= 15 is 0 Å². The molecule has 0 saturated heterocycles. The molecule has 0 unspecified atom stereocenters. The third-order valence-electron chi connectivity index (χ3n) is 2.20. The molecule has 0 bridgehead atoms. The Morgan fingerprint density at radius 2 is 2.35 bits per heavy atom. The first-order chi connectivity index (χ1) is 8.19. The monoisotopic (exact) mass is 254 g/mol. The molecule has 0 amide bonds. The molecule has 1 aromatic rings. The Hall–Kier alpha value is -1.51. The molecule has 0 aliphatic heterocycles. The van der Waals surface area contributed by atoms with Crippen LogP contribution < -0.4 is 10.6 Å². The number of nitrogen functional groups attached to an aromatic ring is 1. The van der Waals surface area contributed by atoms with E-state index in [1.165, 1.54) is 0 Å². The molecule has 2 N–H and O–H groups in total. The normalized spacial score (nSPS) is 9.94. The van der Waals surface area contributed by atoms with Gasteiger partial charge in [-0.1, -0.05) is 11.6 Å². The van der Waals surface area contributed by atoms with E-state index < -0.39 is 0 Å². The second kappa shape index (κ2) is 6.94. The van der Waals surface area contributed by atoms with Crippen LogP contribution in [-0.4, -0.2) is 31.8 Å². The number of halogens is 1. The largest absolute Gasteiger partial charge is 0.397 e. The number of nitrogens with zero attached hydrogens (tertiary/aromatic N) is 3. The average molecular weight is 255 g/mol. The van der Waals surface area contributed by atoms with Gasteiger partial charge in [0.1, 0.15) is 5.82 Å². The van der Waals surface area contributed by atoms with Gasteiger partial charge < -0.3 is 15.4 Å². The molecular formula is C11H15ClN4O. The smallest absolute Gasteiger partial charge is 0.147 e. The van der Waals surface area contributed by atoms with Crippen LogP contribution in [-0.2, 0) is 4.74 Å². The van der Waals surface area contributed by atoms with Crippen LogP contribution in [0.25, 0.3) is 0 Å². The van der Waals surface area contributed by atoms with E-state index in [9.17, 15) is 0 Å². The van der Waals surface area contributed by atoms with Gasteiger partial charge in [0.15, 0.2) is 0 Å². The zero-order valence-corrected chi connectivity index (χ0v) is 10.4. The Kier molecular flexibility index (Phi) is 5.53. The Labute approximate surface area is 106 Å². The van der Waals surface area contributed by atoms with Gasteiger partial charge in [0.05, 0.1) is 36.0 Å². The Morgan fingerprint density at radius 1 is 1.59 bits per heavy atom. The number of aromatic nitrogens is 1. The van der Waals surface area contributed by atoms with Gasteiger partial charge in [0.25, 0.3) is 0 Å². The highest BCUT2D eigenvalue weighted by molar-refractivity contribution is 6.33. The lowest BCUT2D eigenvalue weighted by Gasteiger charge is -2.23. The molecule has 92 valence electrons. The molecule has 0 fully saturated rings. The molecule has 5 nitrogen and oxygen atoms in total. The lowest BCUT2D eigenvalue weighted by molar-refractivity contribution is 0.205. The highest BCUT2D eigenvalue weighted by Crippen LogP contribution is 2.24. The SMILES string of the molecule is COCCN(CCC#N)c1ncc(N)cc1Cl. The molecule has 1 aromatic heterocycles. The van der Waals surface area contributed by atoms with Crippen molar-refractivity contribution in [1.29, 1.82) is 5.26 Å². The van der Waals surface area contributed by atoms with Crippen molar-refractivity contribution in [2.24, 2.45) is 0 Å². The lowest BCUT2D eigenvalue weighted by Crippen LogP contribution is -2.29. The van der Waals surface area contributed by atoms with Crippen molar-refractivity contribution in [1.82, 2.24) is 4.98 Å². The van der Waals surface area contributed by atoms with Crippen LogP contribution in [0.4, 0.5) is 11.5 Å². The van der Waals surface area contributed by atoms with Crippen molar-refractivity contribution in [3.8, 4) is 6.07 Å². The Morgan fingerprint density at radius 3 is 2.94 bits per heavy atom. The summed E-state index contributed by atoms with van der Waals surface area (Å²) in [6, 6.07) is 3.75. The van der Waals surface area contributed by atoms with Crippen LogP contribution in [0.15, 0.2) is 12.3 Å². The van der Waals surface area contributed by atoms with Gasteiger partial charge in [-0.25, -0.2) is 4.98 Å². The number of methoxy groups -OCH3 is 1. The number of pyridine rings is 1. The first kappa shape index (κ1) is 13.6. The summed E-state index contributed by atoms with van der Waals surface area (Å²) in [5.74, 6) is 0.633. The van der Waals surface area contributed by atoms with Gasteiger partial charge >= 0.3 is 0 Å². The predicted octanol–water partition coefficient (Wildman–Crippen LogP) is 1.68. The zero-order chi connectivity index (χ0) is 12.7. The van der Waals surface area contributed by atoms with Gasteiger partial charge in [-0.05, 0) is 6.07 Å². The van der Waals surface area contributed by atoms with E-state index in [4.69, 9.17) is 27.3 Å². The van der Waals surface area contributed by atoms with Gasteiger partial charge in [0, 0.05) is 20.2 Å². The highest BCUT2D eigenvalue weighted by Gasteiger charge is 2.11. The maximum Gasteiger partial charge on any atom is 0.147 e. The number of nitrogens with two attached hydrogens (primary N) is 1. The summed E-state index contributed by atoms with van der Waals surface area (Å²) in [5, 5.41) is 9.10. The van der Waals surface area contributed by atoms with Crippen LogP contribution in [0.5, 0.6) is 0 Å². The first-order valence-corrected chi connectivity index (χ1v) is 5.58. The van der Waals surface area contributed by atoms with Crippen molar-refractivity contribution in [2.45, 2.75) is 6.42 Å². The summed E-state index contributed by atoms with van der Waals surface area (Å²) in [7, 11) is 1.63. The van der Waals surface area contributed by atoms with Crippen molar-refractivity contribution in [3.05, 3.63) is 17.3 Å². The van der Waals surface area contributed by atoms with Crippen molar-refractivity contribution >= 4 is 23.1 Å². The minimum absolute atomic E-state index is 0.409. The minimum atomic E-state index is 0.409. The molecule has 0 atom stereocenters. The maximum atomic E-state index is 8.62. The summed E-state index contributed by atoms with van der Waals surface area (Å²) in [5.41, 5.74) is 6.10. The van der Waals surface area contributed by atoms with Crippen LogP contribution in [0.1, 0.15) is 6.42 Å². The fourth-order valence-electron chi connectivity index (χ4n) is 1.39. The number of nitriles is 1. The fraction of sp³-hybridized carbons (Fsp3) is 0.455. The second-order valence-electron chi connectivity index (χ2n) is 3.46. The molecule has 17 heavy (non-hydrogen) atoms. The van der Waals surface area contributed by atoms with Crippen molar-refractivity contribution in [3.63, 3.8) is 0 Å². The van der Waals surface area contributed by atoms with E-state index in [1.807, 2.05) is 4.90 Å². The number of hydrogen-bond donors (Lipinski definition) is 1. The number of anilines is 2. The molecule has 1 heterocycles. The molecule has 0 aliphatic rings. The molecule has 1 rings (SSSR count). The van der Waals surface area contributed by atoms with Gasteiger partial charge in [-0.15, -0.1) is 0 Å². The van der Waals surface area contributed by atoms with E-state index in [0.29, 0.717) is 42.6 Å². The fourth-order valence-corrected chi connectivity index (χ4v) is 1.68. The molecule has 6 heteroatoms. The quantitative estimate of drug-likeness (QED) is 0.836. The predicted molar refractivity (Wildman–Crippen MR) is 68.0 cm³/mol. The minimum Gasteiger partial charge on any atom is -0.397 e. The van der Waals surface area contributed by atoms with E-state index in [-0.39, 0.29) is 0 Å². The lowest BCUT2D eigenvalue weighted by atomic mass is 10.3. The third-order valence-corrected chi connectivity index (χ3v) is 2.48. The van der Waals surface area contributed by atoms with Gasteiger partial charge in [0.2, 0.25) is 0 Å². The average Bonchev–Trinajstić information content (AvgIpc) is 2.30. The topological polar surface area (TPSA) is 75.2 Å². The Bertz CT molecular complexity index is 405. The van der Waals surface area contributed by atoms with E-state index in [1.54, 1.807) is 19.4 Å². The van der Waals surface area contributed by atoms with Gasteiger partial charge in [-0.2, -0.15) is 5.26 Å². The van der Waals surface area contributed by atoms with E-state index in [0.717, 1.165) is 0 Å². The molecule has 0 saturated carbocycles. The molecule has 0 spiro atoms. The molecule has 0 aliphatic carbocycles. The summed E-state index contributed by atoms with van der Waals surface area (Å²) in [6.45, 7) is 1.75. The third kappa shape index (κ3) is 4.10. The number of ether oxygens (including phenoxy) is 1. The molecule has 0 aromatic carbocycles. The standard InChI is InChI=1S/C11H15ClN4O/c1-17-6-5-16(4-2-3-13)11-10(12)7-9(14)8-15-11/h7-8H,2,4-6,14H2,1H3. The summed E-state index contributed by atoms with van der Waals surface area (Å²) in [4.78, 5) is 6.10. The van der Waals surface area contributed by atoms with Crippen LogP contribution in [0, 0.1) is 11.3 Å². The second-order valence-corrected chi connectivity index (χ2v) is 3.87. The zero-order valence-electron chi connectivity index (χ0n) is 9.69. The highest BCUT2D eigenvalue weighted by atomic mass is 35.5. The summed E-state index contributed by atoms with van der Waals surface area (Å²) >= 11 is 6.07. The number of rotatable bonds is 6. The van der Waals surface area contributed by atoms with Crippen LogP contribution in [0.2, 0.25) is 5.02 Å². The van der Waals surface area contributed by atoms with E-state index in [2.05, 4.69) is 11.1 Å². The maximum absolute atomic E-state index is 8.62. The van der Waals surface area contributed by atoms with Crippen LogP contribution >= 0.6 is 11.6 Å². The molecular weight excluding hydrogens is 240 g/mol.